The minimum absolute atomic E-state index is 0.271. The van der Waals surface area contributed by atoms with E-state index in [-0.39, 0.29) is 5.91 Å². The Kier molecular flexibility index (Phi) is 4.14. The number of halogens is 1. The monoisotopic (exact) mass is 327 g/mol. The summed E-state index contributed by atoms with van der Waals surface area (Å²) >= 11 is 6.13. The Labute approximate surface area is 140 Å². The van der Waals surface area contributed by atoms with Gasteiger partial charge in [-0.3, -0.25) is 4.79 Å². The third-order valence-electron chi connectivity index (χ3n) is 3.96. The third kappa shape index (κ3) is 2.97. The van der Waals surface area contributed by atoms with Crippen molar-refractivity contribution in [2.45, 2.75) is 26.7 Å². The lowest BCUT2D eigenvalue weighted by Crippen LogP contribution is -2.12. The second kappa shape index (κ2) is 6.09. The number of hydrogen-bond donors (Lipinski definition) is 1. The molecule has 0 atom stereocenters. The molecule has 0 fully saturated rings. The number of aryl methyl sites for hydroxylation is 1. The summed E-state index contributed by atoms with van der Waals surface area (Å²) in [5.41, 5.74) is 3.31. The van der Waals surface area contributed by atoms with Gasteiger partial charge >= 0.3 is 0 Å². The molecule has 1 amide bonds. The van der Waals surface area contributed by atoms with Crippen LogP contribution in [0.15, 0.2) is 46.9 Å². The zero-order valence-corrected chi connectivity index (χ0v) is 14.1. The van der Waals surface area contributed by atoms with Gasteiger partial charge in [-0.15, -0.1) is 0 Å². The predicted octanol–water partition coefficient (Wildman–Crippen LogP) is 5.77. The summed E-state index contributed by atoms with van der Waals surface area (Å²) in [4.78, 5) is 12.5. The number of furan rings is 1. The van der Waals surface area contributed by atoms with Gasteiger partial charge in [0.05, 0.1) is 5.02 Å². The molecule has 118 valence electrons. The molecule has 23 heavy (non-hydrogen) atoms. The van der Waals surface area contributed by atoms with Crippen molar-refractivity contribution in [2.75, 3.05) is 5.32 Å². The van der Waals surface area contributed by atoms with Gasteiger partial charge in [0.1, 0.15) is 0 Å². The maximum atomic E-state index is 12.5. The Hall–Kier alpha value is -2.26. The number of nitrogens with one attached hydrogen (secondary N) is 1. The summed E-state index contributed by atoms with van der Waals surface area (Å²) in [5.74, 6) is 0.479. The largest absolute Gasteiger partial charge is 0.449 e. The summed E-state index contributed by atoms with van der Waals surface area (Å²) in [5, 5.41) is 4.23. The van der Waals surface area contributed by atoms with E-state index in [2.05, 4.69) is 19.2 Å². The Morgan fingerprint density at radius 2 is 1.83 bits per heavy atom. The molecule has 4 heteroatoms. The van der Waals surface area contributed by atoms with Crippen molar-refractivity contribution >= 4 is 34.2 Å². The lowest BCUT2D eigenvalue weighted by molar-refractivity contribution is 0.0998. The minimum atomic E-state index is -0.271. The van der Waals surface area contributed by atoms with Gasteiger partial charge in [-0.05, 0) is 36.6 Å². The third-order valence-corrected chi connectivity index (χ3v) is 4.25. The molecule has 1 aromatic heterocycles. The molecule has 0 bridgehead atoms. The molecular weight excluding hydrogens is 310 g/mol. The van der Waals surface area contributed by atoms with E-state index < -0.39 is 0 Å². The number of rotatable bonds is 3. The lowest BCUT2D eigenvalue weighted by Gasteiger charge is -2.07. The van der Waals surface area contributed by atoms with E-state index in [4.69, 9.17) is 16.0 Å². The first-order valence-corrected chi connectivity index (χ1v) is 7.94. The average Bonchev–Trinajstić information content (AvgIpc) is 2.87. The van der Waals surface area contributed by atoms with Crippen molar-refractivity contribution < 1.29 is 9.21 Å². The molecule has 0 saturated heterocycles. The van der Waals surface area contributed by atoms with Gasteiger partial charge in [-0.2, -0.15) is 0 Å². The summed E-state index contributed by atoms with van der Waals surface area (Å²) in [6, 6.07) is 13.3. The van der Waals surface area contributed by atoms with E-state index in [9.17, 15) is 4.79 Å². The molecule has 0 aliphatic rings. The van der Waals surface area contributed by atoms with Crippen molar-refractivity contribution in [3.8, 4) is 0 Å². The van der Waals surface area contributed by atoms with Crippen LogP contribution in [0.4, 0.5) is 5.69 Å². The number of carbonyl (C=O) groups is 1. The predicted molar refractivity (Wildman–Crippen MR) is 94.4 cm³/mol. The highest BCUT2D eigenvalue weighted by Crippen LogP contribution is 2.31. The molecule has 0 unspecified atom stereocenters. The number of benzene rings is 2. The number of para-hydroxylation sites is 1. The molecule has 0 aliphatic heterocycles. The molecule has 1 heterocycles. The van der Waals surface area contributed by atoms with Gasteiger partial charge in [0.2, 0.25) is 0 Å². The zero-order chi connectivity index (χ0) is 16.6. The minimum Gasteiger partial charge on any atom is -0.449 e. The number of anilines is 1. The van der Waals surface area contributed by atoms with Crippen molar-refractivity contribution in [1.29, 1.82) is 0 Å². The second-order valence-electron chi connectivity index (χ2n) is 5.90. The summed E-state index contributed by atoms with van der Waals surface area (Å²) in [7, 11) is 0. The molecule has 3 nitrogen and oxygen atoms in total. The van der Waals surface area contributed by atoms with Gasteiger partial charge in [0.25, 0.3) is 5.91 Å². The Balaban J connectivity index is 1.89. The standard InChI is InChI=1S/C19H18ClNO2/c1-11(2)13-7-9-14(10-8-13)21-19(22)17-12(3)15-5-4-6-16(20)18(15)23-17/h4-11H,1-3H3,(H,21,22). The summed E-state index contributed by atoms with van der Waals surface area (Å²) in [6.07, 6.45) is 0. The van der Waals surface area contributed by atoms with E-state index in [0.29, 0.717) is 22.3 Å². The van der Waals surface area contributed by atoms with E-state index in [1.165, 1.54) is 5.56 Å². The molecular formula is C19H18ClNO2. The van der Waals surface area contributed by atoms with Gasteiger partial charge in [-0.25, -0.2) is 0 Å². The van der Waals surface area contributed by atoms with Gasteiger partial charge in [0.15, 0.2) is 11.3 Å². The number of amides is 1. The first-order valence-electron chi connectivity index (χ1n) is 7.56. The second-order valence-corrected chi connectivity index (χ2v) is 6.31. The quantitative estimate of drug-likeness (QED) is 0.663. The summed E-state index contributed by atoms with van der Waals surface area (Å²) < 4.78 is 5.68. The van der Waals surface area contributed by atoms with Gasteiger partial charge < -0.3 is 9.73 Å². The van der Waals surface area contributed by atoms with Crippen LogP contribution in [-0.2, 0) is 0 Å². The Morgan fingerprint density at radius 3 is 2.43 bits per heavy atom. The molecule has 2 aromatic carbocycles. The fourth-order valence-corrected chi connectivity index (χ4v) is 2.78. The van der Waals surface area contributed by atoms with Gasteiger partial charge in [-0.1, -0.05) is 49.7 Å². The van der Waals surface area contributed by atoms with Crippen molar-refractivity contribution in [1.82, 2.24) is 0 Å². The fraction of sp³-hybridized carbons (Fsp3) is 0.211. The first kappa shape index (κ1) is 15.6. The number of carbonyl (C=O) groups excluding carboxylic acids is 1. The topological polar surface area (TPSA) is 42.2 Å². The maximum absolute atomic E-state index is 12.5. The lowest BCUT2D eigenvalue weighted by atomic mass is 10.0. The van der Waals surface area contributed by atoms with Crippen LogP contribution in [-0.4, -0.2) is 5.91 Å². The molecule has 3 aromatic rings. The van der Waals surface area contributed by atoms with Crippen LogP contribution < -0.4 is 5.32 Å². The average molecular weight is 328 g/mol. The number of fused-ring (bicyclic) bond motifs is 1. The van der Waals surface area contributed by atoms with E-state index in [1.54, 1.807) is 6.07 Å². The van der Waals surface area contributed by atoms with Crippen LogP contribution in [0, 0.1) is 6.92 Å². The maximum Gasteiger partial charge on any atom is 0.291 e. The summed E-state index contributed by atoms with van der Waals surface area (Å²) in [6.45, 7) is 6.13. The highest BCUT2D eigenvalue weighted by Gasteiger charge is 2.19. The Morgan fingerprint density at radius 1 is 1.13 bits per heavy atom. The molecule has 0 spiro atoms. The van der Waals surface area contributed by atoms with Crippen molar-refractivity contribution in [3.63, 3.8) is 0 Å². The normalized spacial score (nSPS) is 11.2. The van der Waals surface area contributed by atoms with E-state index >= 15 is 0 Å². The number of hydrogen-bond acceptors (Lipinski definition) is 2. The van der Waals surface area contributed by atoms with Crippen LogP contribution in [0.1, 0.15) is 41.4 Å². The van der Waals surface area contributed by atoms with Crippen LogP contribution in [0.3, 0.4) is 0 Å². The zero-order valence-electron chi connectivity index (χ0n) is 13.3. The molecule has 1 N–H and O–H groups in total. The molecule has 3 rings (SSSR count). The molecule has 0 aliphatic carbocycles. The van der Waals surface area contributed by atoms with E-state index in [1.807, 2.05) is 43.3 Å². The Bertz CT molecular complexity index is 863. The highest BCUT2D eigenvalue weighted by atomic mass is 35.5. The van der Waals surface area contributed by atoms with E-state index in [0.717, 1.165) is 16.6 Å². The van der Waals surface area contributed by atoms with Crippen LogP contribution in [0.25, 0.3) is 11.0 Å². The van der Waals surface area contributed by atoms with Crippen LogP contribution in [0.5, 0.6) is 0 Å². The SMILES string of the molecule is Cc1c(C(=O)Nc2ccc(C(C)C)cc2)oc2c(Cl)cccc12. The first-order chi connectivity index (χ1) is 11.0. The van der Waals surface area contributed by atoms with Gasteiger partial charge in [0, 0.05) is 16.6 Å². The van der Waals surface area contributed by atoms with Crippen LogP contribution in [0.2, 0.25) is 5.02 Å². The molecule has 0 radical (unpaired) electrons. The van der Waals surface area contributed by atoms with Crippen molar-refractivity contribution in [3.05, 3.63) is 64.4 Å². The fourth-order valence-electron chi connectivity index (χ4n) is 2.56. The molecule has 0 saturated carbocycles. The highest BCUT2D eigenvalue weighted by molar-refractivity contribution is 6.35. The van der Waals surface area contributed by atoms with Crippen LogP contribution >= 0.6 is 11.6 Å². The van der Waals surface area contributed by atoms with Crippen molar-refractivity contribution in [2.24, 2.45) is 0 Å². The smallest absolute Gasteiger partial charge is 0.291 e.